The highest BCUT2D eigenvalue weighted by atomic mass is 79.9. The number of halogens is 2. The Bertz CT molecular complexity index is 500. The molecule has 0 aliphatic carbocycles. The molecule has 104 valence electrons. The fourth-order valence-electron chi connectivity index (χ4n) is 2.01. The van der Waals surface area contributed by atoms with Gasteiger partial charge in [-0.25, -0.2) is 4.39 Å². The second-order valence-electron chi connectivity index (χ2n) is 4.19. The molecule has 1 unspecified atom stereocenters. The van der Waals surface area contributed by atoms with E-state index >= 15 is 0 Å². The molecule has 0 radical (unpaired) electrons. The number of nitro groups is 1. The lowest BCUT2D eigenvalue weighted by Crippen LogP contribution is -2.45. The zero-order valence-electron chi connectivity index (χ0n) is 10.0. The van der Waals surface area contributed by atoms with E-state index in [0.29, 0.717) is 26.2 Å². The molecule has 0 spiro atoms. The van der Waals surface area contributed by atoms with Crippen molar-refractivity contribution in [2.24, 2.45) is 5.73 Å². The van der Waals surface area contributed by atoms with E-state index in [1.165, 1.54) is 12.1 Å². The Kier molecular flexibility index (Phi) is 4.33. The molecule has 0 amide bonds. The Balaban J connectivity index is 2.37. The molecule has 0 aromatic heterocycles. The molecule has 2 rings (SSSR count). The van der Waals surface area contributed by atoms with Crippen molar-refractivity contribution in [2.75, 3.05) is 31.1 Å². The minimum absolute atomic E-state index is 0.0755. The molecular weight excluding hydrogens is 321 g/mol. The van der Waals surface area contributed by atoms with Crippen LogP contribution in [0.2, 0.25) is 0 Å². The number of morpholine rings is 1. The lowest BCUT2D eigenvalue weighted by atomic mass is 10.2. The topological polar surface area (TPSA) is 81.6 Å². The molecule has 8 heteroatoms. The van der Waals surface area contributed by atoms with Crippen LogP contribution >= 0.6 is 15.9 Å². The third-order valence-electron chi connectivity index (χ3n) is 2.96. The van der Waals surface area contributed by atoms with Crippen LogP contribution in [0.25, 0.3) is 0 Å². The molecular formula is C11H13BrFN3O3. The van der Waals surface area contributed by atoms with Gasteiger partial charge in [-0.1, -0.05) is 0 Å². The van der Waals surface area contributed by atoms with Crippen molar-refractivity contribution in [3.8, 4) is 0 Å². The third-order valence-corrected chi connectivity index (χ3v) is 3.56. The first-order chi connectivity index (χ1) is 9.02. The summed E-state index contributed by atoms with van der Waals surface area (Å²) in [5.41, 5.74) is 5.65. The lowest BCUT2D eigenvalue weighted by Gasteiger charge is -2.33. The number of rotatable bonds is 3. The maximum Gasteiger partial charge on any atom is 0.293 e. The first kappa shape index (κ1) is 14.2. The molecule has 1 atom stereocenters. The summed E-state index contributed by atoms with van der Waals surface area (Å²) < 4.78 is 19.1. The minimum atomic E-state index is -0.531. The number of hydrogen-bond donors (Lipinski definition) is 1. The van der Waals surface area contributed by atoms with Crippen molar-refractivity contribution in [3.63, 3.8) is 0 Å². The molecule has 1 aromatic rings. The lowest BCUT2D eigenvalue weighted by molar-refractivity contribution is -0.384. The van der Waals surface area contributed by atoms with E-state index < -0.39 is 10.7 Å². The van der Waals surface area contributed by atoms with Gasteiger partial charge in [0.05, 0.1) is 22.1 Å². The highest BCUT2D eigenvalue weighted by molar-refractivity contribution is 9.10. The van der Waals surface area contributed by atoms with Crippen LogP contribution in [0, 0.1) is 15.9 Å². The van der Waals surface area contributed by atoms with Crippen LogP contribution in [0.4, 0.5) is 15.8 Å². The number of nitrogens with zero attached hydrogens (tertiary/aromatic N) is 2. The summed E-state index contributed by atoms with van der Waals surface area (Å²) in [6, 6.07) is 2.35. The van der Waals surface area contributed by atoms with E-state index in [1.54, 1.807) is 4.90 Å². The van der Waals surface area contributed by atoms with Crippen molar-refractivity contribution in [3.05, 3.63) is 32.5 Å². The van der Waals surface area contributed by atoms with E-state index in [4.69, 9.17) is 10.5 Å². The van der Waals surface area contributed by atoms with Gasteiger partial charge < -0.3 is 15.4 Å². The van der Waals surface area contributed by atoms with Crippen molar-refractivity contribution >= 4 is 27.3 Å². The van der Waals surface area contributed by atoms with E-state index in [2.05, 4.69) is 15.9 Å². The average Bonchev–Trinajstić information content (AvgIpc) is 2.41. The number of nitrogens with two attached hydrogens (primary N) is 1. The summed E-state index contributed by atoms with van der Waals surface area (Å²) >= 11 is 2.96. The molecule has 0 saturated carbocycles. The molecule has 1 fully saturated rings. The summed E-state index contributed by atoms with van der Waals surface area (Å²) in [4.78, 5) is 12.3. The normalized spacial score (nSPS) is 19.5. The first-order valence-electron chi connectivity index (χ1n) is 5.73. The molecule has 0 bridgehead atoms. The molecule has 1 heterocycles. The van der Waals surface area contributed by atoms with Gasteiger partial charge in [0.15, 0.2) is 0 Å². The molecule has 1 aliphatic heterocycles. The summed E-state index contributed by atoms with van der Waals surface area (Å²) in [5.74, 6) is -0.531. The fourth-order valence-corrected chi connectivity index (χ4v) is 2.34. The van der Waals surface area contributed by atoms with Crippen molar-refractivity contribution in [1.29, 1.82) is 0 Å². The van der Waals surface area contributed by atoms with Gasteiger partial charge in [0, 0.05) is 31.8 Å². The van der Waals surface area contributed by atoms with Crippen molar-refractivity contribution in [1.82, 2.24) is 0 Å². The molecule has 2 N–H and O–H groups in total. The van der Waals surface area contributed by atoms with Crippen LogP contribution in [-0.4, -0.2) is 37.3 Å². The Morgan fingerprint density at radius 3 is 3.00 bits per heavy atom. The Morgan fingerprint density at radius 2 is 2.37 bits per heavy atom. The van der Waals surface area contributed by atoms with Gasteiger partial charge in [0.1, 0.15) is 11.5 Å². The SMILES string of the molecule is NCC1CN(c2cc(F)c(Br)cc2[N+](=O)[O-])CCO1. The number of anilines is 1. The second kappa shape index (κ2) is 5.81. The predicted molar refractivity (Wildman–Crippen MR) is 71.8 cm³/mol. The Morgan fingerprint density at radius 1 is 1.63 bits per heavy atom. The van der Waals surface area contributed by atoms with E-state index in [9.17, 15) is 14.5 Å². The Labute approximate surface area is 117 Å². The summed E-state index contributed by atoms with van der Waals surface area (Å²) in [5, 5.41) is 11.1. The predicted octanol–water partition coefficient (Wildman–Crippen LogP) is 1.66. The molecule has 1 aliphatic rings. The summed E-state index contributed by atoms with van der Waals surface area (Å²) in [6.45, 7) is 1.62. The van der Waals surface area contributed by atoms with Crippen LogP contribution in [0.15, 0.2) is 16.6 Å². The standard InChI is InChI=1S/C11H13BrFN3O3/c12-8-3-11(16(17)18)10(4-9(8)13)15-1-2-19-7(5-14)6-15/h3-4,7H,1-2,5-6,14H2. The highest BCUT2D eigenvalue weighted by Gasteiger charge is 2.26. The highest BCUT2D eigenvalue weighted by Crippen LogP contribution is 2.34. The van der Waals surface area contributed by atoms with E-state index in [-0.39, 0.29) is 22.0 Å². The zero-order chi connectivity index (χ0) is 14.0. The van der Waals surface area contributed by atoms with Crippen LogP contribution in [0.3, 0.4) is 0 Å². The van der Waals surface area contributed by atoms with Crippen LogP contribution in [-0.2, 0) is 4.74 Å². The quantitative estimate of drug-likeness (QED) is 0.672. The summed E-state index contributed by atoms with van der Waals surface area (Å²) in [7, 11) is 0. The fraction of sp³-hybridized carbons (Fsp3) is 0.455. The van der Waals surface area contributed by atoms with Crippen LogP contribution in [0.1, 0.15) is 0 Å². The van der Waals surface area contributed by atoms with Gasteiger partial charge >= 0.3 is 0 Å². The minimum Gasteiger partial charge on any atom is -0.373 e. The van der Waals surface area contributed by atoms with Gasteiger partial charge in [0.25, 0.3) is 5.69 Å². The number of benzene rings is 1. The average molecular weight is 334 g/mol. The maximum atomic E-state index is 13.6. The largest absolute Gasteiger partial charge is 0.373 e. The third kappa shape index (κ3) is 3.02. The molecule has 1 saturated heterocycles. The molecule has 6 nitrogen and oxygen atoms in total. The van der Waals surface area contributed by atoms with Gasteiger partial charge in [-0.3, -0.25) is 10.1 Å². The van der Waals surface area contributed by atoms with Gasteiger partial charge in [-0.05, 0) is 15.9 Å². The first-order valence-corrected chi connectivity index (χ1v) is 6.52. The number of nitro benzene ring substituents is 1. The van der Waals surface area contributed by atoms with E-state index in [1.807, 2.05) is 0 Å². The van der Waals surface area contributed by atoms with Crippen LogP contribution < -0.4 is 10.6 Å². The molecule has 19 heavy (non-hydrogen) atoms. The number of hydrogen-bond acceptors (Lipinski definition) is 5. The van der Waals surface area contributed by atoms with E-state index in [0.717, 1.165) is 0 Å². The summed E-state index contributed by atoms with van der Waals surface area (Å²) in [6.07, 6.45) is -0.194. The smallest absolute Gasteiger partial charge is 0.293 e. The van der Waals surface area contributed by atoms with Crippen molar-refractivity contribution in [2.45, 2.75) is 6.10 Å². The van der Waals surface area contributed by atoms with Crippen molar-refractivity contribution < 1.29 is 14.1 Å². The van der Waals surface area contributed by atoms with Gasteiger partial charge in [-0.2, -0.15) is 0 Å². The van der Waals surface area contributed by atoms with Crippen LogP contribution in [0.5, 0.6) is 0 Å². The number of ether oxygens (including phenoxy) is 1. The van der Waals surface area contributed by atoms with Gasteiger partial charge in [-0.15, -0.1) is 0 Å². The monoisotopic (exact) mass is 333 g/mol. The second-order valence-corrected chi connectivity index (χ2v) is 5.04. The zero-order valence-corrected chi connectivity index (χ0v) is 11.6. The Hall–Kier alpha value is -1.25. The van der Waals surface area contributed by atoms with Gasteiger partial charge in [0.2, 0.25) is 0 Å². The maximum absolute atomic E-state index is 13.6. The molecule has 1 aromatic carbocycles.